The largest absolute Gasteiger partial charge is 0.347 e. The number of amides is 2. The molecule has 164 valence electrons. The molecule has 2 amide bonds. The summed E-state index contributed by atoms with van der Waals surface area (Å²) in [7, 11) is 0. The first-order chi connectivity index (χ1) is 16.1. The van der Waals surface area contributed by atoms with Crippen molar-refractivity contribution in [3.05, 3.63) is 112 Å². The van der Waals surface area contributed by atoms with Gasteiger partial charge in [0.15, 0.2) is 0 Å². The van der Waals surface area contributed by atoms with Gasteiger partial charge in [0.1, 0.15) is 16.7 Å². The third-order valence-corrected chi connectivity index (χ3v) is 6.62. The number of hydrogen-bond donors (Lipinski definition) is 1. The SMILES string of the molecule is Cc1ccc(N2C(=O)[C@H](Cc3ccccc3)S/C2=C(/C#N)C(=O)NCc2ccccc2)cc1. The third kappa shape index (κ3) is 5.16. The number of nitrogens with one attached hydrogen (secondary N) is 1. The highest BCUT2D eigenvalue weighted by atomic mass is 32.2. The second-order valence-corrected chi connectivity index (χ2v) is 8.96. The van der Waals surface area contributed by atoms with Gasteiger partial charge in [-0.3, -0.25) is 14.5 Å². The van der Waals surface area contributed by atoms with Crippen molar-refractivity contribution in [2.24, 2.45) is 0 Å². The van der Waals surface area contributed by atoms with Gasteiger partial charge >= 0.3 is 0 Å². The third-order valence-electron chi connectivity index (χ3n) is 5.36. The monoisotopic (exact) mass is 453 g/mol. The van der Waals surface area contributed by atoms with Crippen LogP contribution in [0.2, 0.25) is 0 Å². The number of thioether (sulfide) groups is 1. The predicted octanol–water partition coefficient (Wildman–Crippen LogP) is 4.74. The van der Waals surface area contributed by atoms with Crippen LogP contribution in [0.1, 0.15) is 16.7 Å². The molecule has 3 aromatic rings. The summed E-state index contributed by atoms with van der Waals surface area (Å²) in [6.45, 7) is 2.27. The minimum Gasteiger partial charge on any atom is -0.347 e. The number of anilines is 1. The highest BCUT2D eigenvalue weighted by Gasteiger charge is 2.40. The Labute approximate surface area is 197 Å². The number of nitriles is 1. The zero-order chi connectivity index (χ0) is 23.2. The number of carbonyl (C=O) groups is 2. The Hall–Kier alpha value is -3.82. The number of aryl methyl sites for hydroxylation is 1. The molecule has 0 radical (unpaired) electrons. The van der Waals surface area contributed by atoms with E-state index in [0.717, 1.165) is 16.7 Å². The smallest absolute Gasteiger partial charge is 0.264 e. The lowest BCUT2D eigenvalue weighted by Gasteiger charge is -2.19. The summed E-state index contributed by atoms with van der Waals surface area (Å²) >= 11 is 1.28. The van der Waals surface area contributed by atoms with E-state index in [9.17, 15) is 14.9 Å². The maximum atomic E-state index is 13.5. The maximum absolute atomic E-state index is 13.5. The zero-order valence-corrected chi connectivity index (χ0v) is 19.0. The lowest BCUT2D eigenvalue weighted by Crippen LogP contribution is -2.32. The van der Waals surface area contributed by atoms with Crippen LogP contribution in [0.3, 0.4) is 0 Å². The first kappa shape index (κ1) is 22.4. The van der Waals surface area contributed by atoms with Crippen molar-refractivity contribution in [1.29, 1.82) is 5.26 Å². The summed E-state index contributed by atoms with van der Waals surface area (Å²) < 4.78 is 0. The zero-order valence-electron chi connectivity index (χ0n) is 18.2. The van der Waals surface area contributed by atoms with Gasteiger partial charge < -0.3 is 5.32 Å². The van der Waals surface area contributed by atoms with Crippen LogP contribution in [-0.2, 0) is 22.6 Å². The fraction of sp³-hybridized carbons (Fsp3) is 0.148. The predicted molar refractivity (Wildman–Crippen MR) is 131 cm³/mol. The number of hydrogen-bond acceptors (Lipinski definition) is 4. The van der Waals surface area contributed by atoms with Crippen LogP contribution in [-0.4, -0.2) is 17.1 Å². The average Bonchev–Trinajstić information content (AvgIpc) is 3.15. The summed E-state index contributed by atoms with van der Waals surface area (Å²) in [5, 5.41) is 12.7. The first-order valence-electron chi connectivity index (χ1n) is 10.6. The number of nitrogens with zero attached hydrogens (tertiary/aromatic N) is 2. The fourth-order valence-electron chi connectivity index (χ4n) is 3.61. The lowest BCUT2D eigenvalue weighted by atomic mass is 10.1. The van der Waals surface area contributed by atoms with Crippen molar-refractivity contribution in [2.75, 3.05) is 4.90 Å². The Morgan fingerprint density at radius 3 is 2.18 bits per heavy atom. The number of benzene rings is 3. The summed E-state index contributed by atoms with van der Waals surface area (Å²) in [5.41, 5.74) is 3.61. The normalized spacial score (nSPS) is 16.9. The standard InChI is InChI=1S/C27H23N3O2S/c1-19-12-14-22(15-13-19)30-26(32)24(16-20-8-4-2-5-9-20)33-27(30)23(17-28)25(31)29-18-21-10-6-3-7-11-21/h2-15,24H,16,18H2,1H3,(H,29,31)/b27-23-/t24-/m0/s1. The molecule has 1 atom stereocenters. The average molecular weight is 454 g/mol. The van der Waals surface area contributed by atoms with E-state index < -0.39 is 11.2 Å². The molecule has 3 aromatic carbocycles. The molecule has 1 aliphatic rings. The van der Waals surface area contributed by atoms with Crippen molar-refractivity contribution in [1.82, 2.24) is 5.32 Å². The molecule has 0 spiro atoms. The van der Waals surface area contributed by atoms with Gasteiger partial charge in [0.25, 0.3) is 5.91 Å². The van der Waals surface area contributed by atoms with Crippen LogP contribution in [0.15, 0.2) is 95.5 Å². The molecule has 33 heavy (non-hydrogen) atoms. The fourth-order valence-corrected chi connectivity index (χ4v) is 4.92. The van der Waals surface area contributed by atoms with Crippen LogP contribution in [0.25, 0.3) is 0 Å². The molecule has 4 rings (SSSR count). The Balaban J connectivity index is 1.67. The quantitative estimate of drug-likeness (QED) is 0.432. The van der Waals surface area contributed by atoms with Crippen LogP contribution in [0, 0.1) is 18.3 Å². The minimum absolute atomic E-state index is 0.0552. The van der Waals surface area contributed by atoms with E-state index in [1.807, 2.05) is 97.9 Å². The molecule has 0 aliphatic carbocycles. The summed E-state index contributed by atoms with van der Waals surface area (Å²) in [6, 6.07) is 28.8. The summed E-state index contributed by atoms with van der Waals surface area (Å²) in [5.74, 6) is -0.625. The molecular weight excluding hydrogens is 430 g/mol. The van der Waals surface area contributed by atoms with Crippen molar-refractivity contribution >= 4 is 29.3 Å². The van der Waals surface area contributed by atoms with Crippen LogP contribution in [0.5, 0.6) is 0 Å². The first-order valence-corrected chi connectivity index (χ1v) is 11.5. The Morgan fingerprint density at radius 2 is 1.58 bits per heavy atom. The second kappa shape index (κ2) is 10.2. The van der Waals surface area contributed by atoms with Crippen molar-refractivity contribution in [3.8, 4) is 6.07 Å². The molecule has 5 nitrogen and oxygen atoms in total. The summed E-state index contributed by atoms with van der Waals surface area (Å²) in [6.07, 6.45) is 0.514. The van der Waals surface area contributed by atoms with Gasteiger partial charge in [0.05, 0.1) is 5.25 Å². The highest BCUT2D eigenvalue weighted by molar-refractivity contribution is 8.05. The van der Waals surface area contributed by atoms with E-state index in [2.05, 4.69) is 5.32 Å². The molecule has 1 aliphatic heterocycles. The Bertz CT molecular complexity index is 1220. The van der Waals surface area contributed by atoms with Crippen molar-refractivity contribution in [3.63, 3.8) is 0 Å². The molecule has 0 aromatic heterocycles. The van der Waals surface area contributed by atoms with Crippen LogP contribution >= 0.6 is 11.8 Å². The highest BCUT2D eigenvalue weighted by Crippen LogP contribution is 2.41. The number of rotatable bonds is 6. The molecule has 0 saturated carbocycles. The van der Waals surface area contributed by atoms with Crippen LogP contribution < -0.4 is 10.2 Å². The van der Waals surface area contributed by atoms with Gasteiger partial charge in [-0.05, 0) is 36.6 Å². The van der Waals surface area contributed by atoms with Gasteiger partial charge in [0, 0.05) is 12.2 Å². The van der Waals surface area contributed by atoms with Gasteiger partial charge in [-0.1, -0.05) is 90.1 Å². The Kier molecular flexibility index (Phi) is 6.92. The molecule has 1 heterocycles. The molecule has 1 saturated heterocycles. The summed E-state index contributed by atoms with van der Waals surface area (Å²) in [4.78, 5) is 28.0. The minimum atomic E-state index is -0.492. The van der Waals surface area contributed by atoms with E-state index in [1.165, 1.54) is 16.7 Å². The van der Waals surface area contributed by atoms with E-state index in [0.29, 0.717) is 23.7 Å². The lowest BCUT2D eigenvalue weighted by molar-refractivity contribution is -0.117. The van der Waals surface area contributed by atoms with Gasteiger partial charge in [-0.25, -0.2) is 0 Å². The van der Waals surface area contributed by atoms with E-state index in [1.54, 1.807) is 0 Å². The molecule has 0 bridgehead atoms. The van der Waals surface area contributed by atoms with Gasteiger partial charge in [-0.2, -0.15) is 5.26 Å². The van der Waals surface area contributed by atoms with E-state index >= 15 is 0 Å². The Morgan fingerprint density at radius 1 is 0.970 bits per heavy atom. The second-order valence-electron chi connectivity index (χ2n) is 7.77. The number of carbonyl (C=O) groups excluding carboxylic acids is 2. The molecule has 0 unspecified atom stereocenters. The van der Waals surface area contributed by atoms with Crippen LogP contribution in [0.4, 0.5) is 5.69 Å². The van der Waals surface area contributed by atoms with Gasteiger partial charge in [0.2, 0.25) is 5.91 Å². The van der Waals surface area contributed by atoms with Crippen molar-refractivity contribution < 1.29 is 9.59 Å². The molecular formula is C27H23N3O2S. The van der Waals surface area contributed by atoms with E-state index in [-0.39, 0.29) is 11.5 Å². The van der Waals surface area contributed by atoms with Crippen molar-refractivity contribution in [2.45, 2.75) is 25.1 Å². The molecule has 6 heteroatoms. The molecule has 1 N–H and O–H groups in total. The molecule has 1 fully saturated rings. The maximum Gasteiger partial charge on any atom is 0.264 e. The van der Waals surface area contributed by atoms with E-state index in [4.69, 9.17) is 0 Å². The van der Waals surface area contributed by atoms with Gasteiger partial charge in [-0.15, -0.1) is 0 Å². The topological polar surface area (TPSA) is 73.2 Å².